The van der Waals surface area contributed by atoms with E-state index in [1.807, 2.05) is 0 Å². The molecule has 0 rings (SSSR count). The molecule has 0 atom stereocenters. The van der Waals surface area contributed by atoms with Gasteiger partial charge in [-0.1, -0.05) is 73.0 Å². The second-order valence-corrected chi connectivity index (χ2v) is 26.1. The van der Waals surface area contributed by atoms with E-state index >= 15 is 0 Å². The lowest BCUT2D eigenvalue weighted by Gasteiger charge is -2.37. The van der Waals surface area contributed by atoms with Gasteiger partial charge in [-0.15, -0.1) is 12.0 Å². The van der Waals surface area contributed by atoms with Gasteiger partial charge in [-0.25, -0.2) is 0 Å². The fourth-order valence-electron chi connectivity index (χ4n) is 1.62. The Bertz CT molecular complexity index is 664. The lowest BCUT2D eigenvalue weighted by molar-refractivity contribution is 0.308. The molecule has 160 valence electrons. The van der Waals surface area contributed by atoms with Crippen molar-refractivity contribution in [2.75, 3.05) is 13.2 Å². The Kier molecular flexibility index (Phi) is 9.30. The highest BCUT2D eigenvalue weighted by Gasteiger charge is 2.38. The number of hydrogen-bond donors (Lipinski definition) is 0. The lowest BCUT2D eigenvalue weighted by Crippen LogP contribution is -2.42. The maximum Gasteiger partial charge on any atom is 0.192 e. The van der Waals surface area contributed by atoms with Crippen molar-refractivity contribution in [1.82, 2.24) is 0 Å². The Morgan fingerprint density at radius 2 is 1.07 bits per heavy atom. The molecule has 2 nitrogen and oxygen atoms in total. The molecule has 28 heavy (non-hydrogen) atoms. The molecular formula is C23H44O2Si3. The Morgan fingerprint density at radius 3 is 1.36 bits per heavy atom. The predicted molar refractivity (Wildman–Crippen MR) is 133 cm³/mol. The van der Waals surface area contributed by atoms with Gasteiger partial charge in [0.25, 0.3) is 0 Å². The van der Waals surface area contributed by atoms with Gasteiger partial charge in [-0.3, -0.25) is 0 Å². The van der Waals surface area contributed by atoms with Crippen molar-refractivity contribution in [3.63, 3.8) is 0 Å². The summed E-state index contributed by atoms with van der Waals surface area (Å²) in [5.74, 6) is 6.25. The lowest BCUT2D eigenvalue weighted by atomic mass is 10.1. The summed E-state index contributed by atoms with van der Waals surface area (Å²) in [5, 5.41) is 0.298. The van der Waals surface area contributed by atoms with Gasteiger partial charge < -0.3 is 8.85 Å². The normalized spacial score (nSPS) is 14.7. The standard InChI is InChI=1S/C23H44O2Si3/c1-15-20(18-24-27(11,12)22(2,3)4)21(16-17-26(8,9)10)19-25-28(13,14)23(5,6)7/h1H,18-19H2,2-14H3/b21-20+. The van der Waals surface area contributed by atoms with Gasteiger partial charge >= 0.3 is 0 Å². The average molecular weight is 437 g/mol. The fourth-order valence-corrected chi connectivity index (χ4v) is 4.02. The molecule has 0 aliphatic heterocycles. The highest BCUT2D eigenvalue weighted by Crippen LogP contribution is 2.38. The molecule has 0 aromatic heterocycles. The number of rotatable bonds is 6. The van der Waals surface area contributed by atoms with Gasteiger partial charge in [0.15, 0.2) is 16.6 Å². The van der Waals surface area contributed by atoms with E-state index < -0.39 is 24.7 Å². The third kappa shape index (κ3) is 8.84. The Labute approximate surface area is 179 Å². The fraction of sp³-hybridized carbons (Fsp3) is 0.739. The van der Waals surface area contributed by atoms with Crippen LogP contribution >= 0.6 is 0 Å². The van der Waals surface area contributed by atoms with E-state index in [0.717, 1.165) is 11.1 Å². The van der Waals surface area contributed by atoms with E-state index in [4.69, 9.17) is 15.3 Å². The molecule has 0 aliphatic rings. The van der Waals surface area contributed by atoms with Crippen molar-refractivity contribution in [2.24, 2.45) is 0 Å². The summed E-state index contributed by atoms with van der Waals surface area (Å²) >= 11 is 0. The van der Waals surface area contributed by atoms with Crippen LogP contribution in [0.5, 0.6) is 0 Å². The SMILES string of the molecule is C#C/C(CO[Si](C)(C)C(C)(C)C)=C(/C#C[Si](C)(C)C)CO[Si](C)(C)C(C)(C)C. The molecule has 0 heterocycles. The monoisotopic (exact) mass is 436 g/mol. The van der Waals surface area contributed by atoms with Crippen molar-refractivity contribution in [1.29, 1.82) is 0 Å². The van der Waals surface area contributed by atoms with Gasteiger partial charge in [-0.2, -0.15) is 0 Å². The van der Waals surface area contributed by atoms with Crippen molar-refractivity contribution in [2.45, 2.75) is 97.4 Å². The minimum absolute atomic E-state index is 0.147. The van der Waals surface area contributed by atoms with Gasteiger partial charge in [0.2, 0.25) is 0 Å². The summed E-state index contributed by atoms with van der Waals surface area (Å²) < 4.78 is 12.9. The van der Waals surface area contributed by atoms with Crippen LogP contribution in [-0.2, 0) is 8.85 Å². The highest BCUT2D eigenvalue weighted by atomic mass is 28.4. The van der Waals surface area contributed by atoms with Crippen molar-refractivity contribution >= 4 is 24.7 Å². The minimum atomic E-state index is -1.88. The zero-order chi connectivity index (χ0) is 22.6. The smallest absolute Gasteiger partial charge is 0.192 e. The van der Waals surface area contributed by atoms with Gasteiger partial charge in [-0.05, 0) is 36.3 Å². The summed E-state index contributed by atoms with van der Waals surface area (Å²) in [5.41, 5.74) is 5.23. The van der Waals surface area contributed by atoms with E-state index in [0.29, 0.717) is 13.2 Å². The van der Waals surface area contributed by atoms with Crippen LogP contribution in [0.3, 0.4) is 0 Å². The third-order valence-electron chi connectivity index (χ3n) is 5.89. The molecule has 0 aromatic rings. The van der Waals surface area contributed by atoms with E-state index in [9.17, 15) is 0 Å². The predicted octanol–water partition coefficient (Wildman–Crippen LogP) is 6.84. The van der Waals surface area contributed by atoms with Gasteiger partial charge in [0.05, 0.1) is 13.2 Å². The van der Waals surface area contributed by atoms with Crippen LogP contribution in [0.1, 0.15) is 41.5 Å². The van der Waals surface area contributed by atoms with E-state index in [-0.39, 0.29) is 10.1 Å². The number of terminal acetylenes is 1. The molecule has 5 heteroatoms. The highest BCUT2D eigenvalue weighted by molar-refractivity contribution is 6.83. The maximum atomic E-state index is 6.46. The summed E-state index contributed by atoms with van der Waals surface area (Å²) in [6, 6.07) is 0. The third-order valence-corrected chi connectivity index (χ3v) is 15.7. The van der Waals surface area contributed by atoms with E-state index in [1.165, 1.54) is 0 Å². The molecule has 0 aliphatic carbocycles. The van der Waals surface area contributed by atoms with Crippen molar-refractivity contribution < 1.29 is 8.85 Å². The molecule has 0 bridgehead atoms. The summed E-state index contributed by atoms with van der Waals surface area (Å²) in [6.07, 6.45) is 5.90. The second kappa shape index (κ2) is 9.49. The topological polar surface area (TPSA) is 18.5 Å². The summed E-state index contributed by atoms with van der Waals surface area (Å²) in [7, 11) is -5.28. The Hall–Kier alpha value is -0.569. The molecule has 0 unspecified atom stereocenters. The van der Waals surface area contributed by atoms with Crippen molar-refractivity contribution in [3.8, 4) is 23.8 Å². The first-order valence-electron chi connectivity index (χ1n) is 10.2. The van der Waals surface area contributed by atoms with Crippen LogP contribution in [0.15, 0.2) is 11.1 Å². The first-order valence-corrected chi connectivity index (χ1v) is 19.5. The molecule has 0 fully saturated rings. The first-order chi connectivity index (χ1) is 12.2. The zero-order valence-corrected chi connectivity index (χ0v) is 23.8. The van der Waals surface area contributed by atoms with Crippen LogP contribution in [0.2, 0.25) is 55.9 Å². The Morgan fingerprint density at radius 1 is 0.714 bits per heavy atom. The van der Waals surface area contributed by atoms with Crippen molar-refractivity contribution in [3.05, 3.63) is 11.1 Å². The molecule has 0 spiro atoms. The maximum absolute atomic E-state index is 6.46. The second-order valence-electron chi connectivity index (χ2n) is 11.7. The zero-order valence-electron chi connectivity index (χ0n) is 20.8. The summed E-state index contributed by atoms with van der Waals surface area (Å²) in [4.78, 5) is 0. The molecule has 0 saturated heterocycles. The summed E-state index contributed by atoms with van der Waals surface area (Å²) in [6.45, 7) is 30.2. The quantitative estimate of drug-likeness (QED) is 0.335. The number of hydrogen-bond acceptors (Lipinski definition) is 2. The van der Waals surface area contributed by atoms with Crippen LogP contribution in [0.4, 0.5) is 0 Å². The van der Waals surface area contributed by atoms with Gasteiger partial charge in [0.1, 0.15) is 8.07 Å². The van der Waals surface area contributed by atoms with Crippen LogP contribution in [-0.4, -0.2) is 37.9 Å². The average Bonchev–Trinajstić information content (AvgIpc) is 2.46. The van der Waals surface area contributed by atoms with E-state index in [2.05, 4.69) is 105 Å². The molecule has 0 radical (unpaired) electrons. The molecule has 0 saturated carbocycles. The largest absolute Gasteiger partial charge is 0.412 e. The molecule has 0 amide bonds. The van der Waals surface area contributed by atoms with Gasteiger partial charge in [0, 0.05) is 11.1 Å². The first kappa shape index (κ1) is 27.4. The molecule has 0 aromatic carbocycles. The van der Waals surface area contributed by atoms with Crippen LogP contribution in [0.25, 0.3) is 0 Å². The van der Waals surface area contributed by atoms with E-state index in [1.54, 1.807) is 0 Å². The minimum Gasteiger partial charge on any atom is -0.412 e. The van der Waals surface area contributed by atoms with Crippen LogP contribution < -0.4 is 0 Å². The van der Waals surface area contributed by atoms with Crippen LogP contribution in [0, 0.1) is 23.8 Å². The molecule has 0 N–H and O–H groups in total. The Balaban J connectivity index is 5.84. The molecular weight excluding hydrogens is 393 g/mol.